The number of likely N-dealkylation sites (tertiary alicyclic amines) is 1. The van der Waals surface area contributed by atoms with Gasteiger partial charge in [-0.15, -0.1) is 0 Å². The molecule has 4 aromatic rings. The number of amides is 1. The summed E-state index contributed by atoms with van der Waals surface area (Å²) < 4.78 is 0. The molecule has 1 aromatic carbocycles. The second-order valence-corrected chi connectivity index (χ2v) is 8.12. The maximum Gasteiger partial charge on any atom is 0.272 e. The van der Waals surface area contributed by atoms with Gasteiger partial charge in [-0.2, -0.15) is 5.10 Å². The van der Waals surface area contributed by atoms with Crippen LogP contribution in [0.2, 0.25) is 0 Å². The summed E-state index contributed by atoms with van der Waals surface area (Å²) in [5.74, 6) is 0.571. The quantitative estimate of drug-likeness (QED) is 0.549. The Hall–Kier alpha value is -3.61. The first-order chi connectivity index (χ1) is 15.3. The van der Waals surface area contributed by atoms with E-state index in [1.807, 2.05) is 23.2 Å². The monoisotopic (exact) mass is 412 g/mol. The predicted molar refractivity (Wildman–Crippen MR) is 118 cm³/mol. The van der Waals surface area contributed by atoms with Crippen LogP contribution in [-0.4, -0.2) is 49.0 Å². The summed E-state index contributed by atoms with van der Waals surface area (Å²) in [7, 11) is 0. The summed E-state index contributed by atoms with van der Waals surface area (Å²) >= 11 is 0. The predicted octanol–water partition coefficient (Wildman–Crippen LogP) is 3.90. The SMILES string of the molecule is O=C(c1cccc(-c2cncnc2)n1)N1CCCC(Cc2ccc3[nH]ncc3c2)CC1. The van der Waals surface area contributed by atoms with Gasteiger partial charge in [-0.1, -0.05) is 12.1 Å². The van der Waals surface area contributed by atoms with Crippen LogP contribution >= 0.6 is 0 Å². The van der Waals surface area contributed by atoms with Crippen molar-refractivity contribution < 1.29 is 4.79 Å². The molecule has 1 saturated heterocycles. The fourth-order valence-electron chi connectivity index (χ4n) is 4.33. The van der Waals surface area contributed by atoms with Gasteiger partial charge < -0.3 is 4.90 Å². The van der Waals surface area contributed by atoms with Crippen molar-refractivity contribution in [3.05, 3.63) is 72.6 Å². The van der Waals surface area contributed by atoms with Gasteiger partial charge in [0.15, 0.2) is 0 Å². The summed E-state index contributed by atoms with van der Waals surface area (Å²) in [6.07, 6.45) is 10.9. The molecule has 0 spiro atoms. The molecule has 0 aliphatic carbocycles. The number of aromatic nitrogens is 5. The zero-order valence-corrected chi connectivity index (χ0v) is 17.2. The Balaban J connectivity index is 1.25. The van der Waals surface area contributed by atoms with Crippen LogP contribution in [0.4, 0.5) is 0 Å². The molecule has 1 aliphatic heterocycles. The minimum Gasteiger partial charge on any atom is -0.337 e. The lowest BCUT2D eigenvalue weighted by molar-refractivity contribution is 0.0754. The number of carbonyl (C=O) groups is 1. The number of carbonyl (C=O) groups excluding carboxylic acids is 1. The van der Waals surface area contributed by atoms with Crippen LogP contribution in [0, 0.1) is 5.92 Å². The summed E-state index contributed by atoms with van der Waals surface area (Å²) in [5, 5.41) is 8.26. The van der Waals surface area contributed by atoms with Crippen molar-refractivity contribution >= 4 is 16.8 Å². The van der Waals surface area contributed by atoms with E-state index < -0.39 is 0 Å². The Labute approximate surface area is 180 Å². The lowest BCUT2D eigenvalue weighted by Crippen LogP contribution is -2.32. The van der Waals surface area contributed by atoms with Gasteiger partial charge in [0.1, 0.15) is 12.0 Å². The van der Waals surface area contributed by atoms with Crippen molar-refractivity contribution in [1.82, 2.24) is 30.0 Å². The van der Waals surface area contributed by atoms with E-state index in [4.69, 9.17) is 0 Å². The summed E-state index contributed by atoms with van der Waals surface area (Å²) in [6.45, 7) is 1.54. The average molecular weight is 412 g/mol. The van der Waals surface area contributed by atoms with Crippen LogP contribution in [-0.2, 0) is 6.42 Å². The average Bonchev–Trinajstić information content (AvgIpc) is 3.17. The minimum absolute atomic E-state index is 0.000772. The number of hydrogen-bond donors (Lipinski definition) is 1. The smallest absolute Gasteiger partial charge is 0.272 e. The molecule has 31 heavy (non-hydrogen) atoms. The number of hydrogen-bond acceptors (Lipinski definition) is 5. The van der Waals surface area contributed by atoms with Gasteiger partial charge in [0.05, 0.1) is 17.4 Å². The normalized spacial score (nSPS) is 16.9. The van der Waals surface area contributed by atoms with Gasteiger partial charge in [-0.05, 0) is 61.4 Å². The fraction of sp³-hybridized carbons (Fsp3) is 0.292. The van der Waals surface area contributed by atoms with Gasteiger partial charge in [0.25, 0.3) is 5.91 Å². The summed E-state index contributed by atoms with van der Waals surface area (Å²) in [6, 6.07) is 12.0. The number of benzene rings is 1. The second kappa shape index (κ2) is 8.63. The number of rotatable bonds is 4. The summed E-state index contributed by atoms with van der Waals surface area (Å²) in [5.41, 5.74) is 4.40. The number of aromatic amines is 1. The molecule has 156 valence electrons. The Bertz CT molecular complexity index is 1190. The highest BCUT2D eigenvalue weighted by molar-refractivity contribution is 5.92. The second-order valence-electron chi connectivity index (χ2n) is 8.12. The molecule has 0 radical (unpaired) electrons. The topological polar surface area (TPSA) is 87.7 Å². The number of nitrogens with zero attached hydrogens (tertiary/aromatic N) is 5. The van der Waals surface area contributed by atoms with Crippen LogP contribution < -0.4 is 0 Å². The highest BCUT2D eigenvalue weighted by Gasteiger charge is 2.23. The van der Waals surface area contributed by atoms with Gasteiger partial charge in [-0.3, -0.25) is 9.89 Å². The molecule has 7 heteroatoms. The minimum atomic E-state index is -0.000772. The van der Waals surface area contributed by atoms with Gasteiger partial charge in [-0.25, -0.2) is 15.0 Å². The van der Waals surface area contributed by atoms with Crippen LogP contribution in [0.3, 0.4) is 0 Å². The molecule has 1 N–H and O–H groups in total. The zero-order chi connectivity index (χ0) is 21.0. The molecule has 1 atom stereocenters. The van der Waals surface area contributed by atoms with E-state index >= 15 is 0 Å². The lowest BCUT2D eigenvalue weighted by atomic mass is 9.92. The van der Waals surface area contributed by atoms with E-state index in [9.17, 15) is 4.79 Å². The van der Waals surface area contributed by atoms with Crippen molar-refractivity contribution in [1.29, 1.82) is 0 Å². The Morgan fingerprint density at radius 2 is 1.97 bits per heavy atom. The maximum atomic E-state index is 13.1. The third-order valence-electron chi connectivity index (χ3n) is 5.99. The number of nitrogens with one attached hydrogen (secondary N) is 1. The molecule has 1 aliphatic rings. The van der Waals surface area contributed by atoms with Crippen molar-refractivity contribution in [3.8, 4) is 11.3 Å². The van der Waals surface area contributed by atoms with Crippen LogP contribution in [0.15, 0.2) is 61.3 Å². The van der Waals surface area contributed by atoms with Crippen molar-refractivity contribution in [2.75, 3.05) is 13.1 Å². The highest BCUT2D eigenvalue weighted by Crippen LogP contribution is 2.24. The summed E-state index contributed by atoms with van der Waals surface area (Å²) in [4.78, 5) is 27.8. The molecule has 1 unspecified atom stereocenters. The van der Waals surface area contributed by atoms with E-state index in [1.54, 1.807) is 18.5 Å². The number of pyridine rings is 1. The van der Waals surface area contributed by atoms with Crippen molar-refractivity contribution in [2.45, 2.75) is 25.7 Å². The molecule has 1 amide bonds. The van der Waals surface area contributed by atoms with Crippen LogP contribution in [0.5, 0.6) is 0 Å². The maximum absolute atomic E-state index is 13.1. The first kappa shape index (κ1) is 19.4. The Morgan fingerprint density at radius 3 is 2.87 bits per heavy atom. The largest absolute Gasteiger partial charge is 0.337 e. The molecule has 7 nitrogen and oxygen atoms in total. The van der Waals surface area contributed by atoms with Crippen LogP contribution in [0.1, 0.15) is 35.3 Å². The van der Waals surface area contributed by atoms with E-state index in [2.05, 4.69) is 43.3 Å². The highest BCUT2D eigenvalue weighted by atomic mass is 16.2. The molecule has 0 bridgehead atoms. The van der Waals surface area contributed by atoms with Gasteiger partial charge in [0.2, 0.25) is 0 Å². The molecule has 5 rings (SSSR count). The van der Waals surface area contributed by atoms with Gasteiger partial charge >= 0.3 is 0 Å². The van der Waals surface area contributed by atoms with E-state index in [-0.39, 0.29) is 5.91 Å². The Morgan fingerprint density at radius 1 is 1.06 bits per heavy atom. The first-order valence-corrected chi connectivity index (χ1v) is 10.7. The third kappa shape index (κ3) is 4.30. The zero-order valence-electron chi connectivity index (χ0n) is 17.2. The molecular weight excluding hydrogens is 388 g/mol. The van der Waals surface area contributed by atoms with E-state index in [0.29, 0.717) is 17.3 Å². The standard InChI is InChI=1S/C24H24N6O/c31-24(23-5-1-4-21(28-23)20-13-25-16-26-14-20)30-9-2-3-17(8-10-30)11-18-6-7-22-19(12-18)15-27-29-22/h1,4-7,12-17H,2-3,8-11H2,(H,27,29). The molecular formula is C24H24N6O. The molecule has 1 fully saturated rings. The number of H-pyrrole nitrogens is 1. The molecule has 4 heterocycles. The van der Waals surface area contributed by atoms with Gasteiger partial charge in [0, 0.05) is 36.4 Å². The first-order valence-electron chi connectivity index (χ1n) is 10.7. The van der Waals surface area contributed by atoms with E-state index in [1.165, 1.54) is 11.9 Å². The lowest BCUT2D eigenvalue weighted by Gasteiger charge is -2.20. The Kier molecular flexibility index (Phi) is 5.39. The number of fused-ring (bicyclic) bond motifs is 1. The van der Waals surface area contributed by atoms with E-state index in [0.717, 1.165) is 55.2 Å². The third-order valence-corrected chi connectivity index (χ3v) is 5.99. The van der Waals surface area contributed by atoms with Crippen molar-refractivity contribution in [3.63, 3.8) is 0 Å². The van der Waals surface area contributed by atoms with Crippen molar-refractivity contribution in [2.24, 2.45) is 5.92 Å². The molecule has 0 saturated carbocycles. The van der Waals surface area contributed by atoms with Crippen LogP contribution in [0.25, 0.3) is 22.2 Å². The fourth-order valence-corrected chi connectivity index (χ4v) is 4.33. The molecule has 3 aromatic heterocycles.